The van der Waals surface area contributed by atoms with Crippen molar-refractivity contribution in [2.45, 2.75) is 51.0 Å². The highest BCUT2D eigenvalue weighted by atomic mass is 16.5. The number of hydrogen-bond acceptors (Lipinski definition) is 3. The summed E-state index contributed by atoms with van der Waals surface area (Å²) >= 11 is 0. The summed E-state index contributed by atoms with van der Waals surface area (Å²) in [5.41, 5.74) is 0.360. The number of carbonyl (C=O) groups is 1. The fraction of sp³-hybridized carbons (Fsp3) is 0.895. The molecule has 142 valence electrons. The number of amides is 1. The molecule has 6 heteroatoms. The summed E-state index contributed by atoms with van der Waals surface area (Å²) in [7, 11) is 5.32. The molecule has 0 spiro atoms. The lowest BCUT2D eigenvalue weighted by molar-refractivity contribution is -0.127. The van der Waals surface area contributed by atoms with Crippen LogP contribution in [0.4, 0.5) is 0 Å². The third kappa shape index (κ3) is 4.87. The molecule has 3 aliphatic carbocycles. The van der Waals surface area contributed by atoms with Crippen molar-refractivity contribution in [1.29, 1.82) is 0 Å². The number of methoxy groups -OCH3 is 1. The maximum atomic E-state index is 11.9. The van der Waals surface area contributed by atoms with Gasteiger partial charge in [-0.1, -0.05) is 6.42 Å². The molecular formula is C19H34N4O2. The topological polar surface area (TPSA) is 66.0 Å². The van der Waals surface area contributed by atoms with Crippen LogP contribution in [0.1, 0.15) is 44.9 Å². The third-order valence-electron chi connectivity index (χ3n) is 6.36. The number of carbonyl (C=O) groups excluding carboxylic acids is 1. The molecule has 0 radical (unpaired) electrons. The SMILES string of the molecule is COCCC1(CNC(=NCC(=O)N(C)C)NC2CC3CCC2C3)CC1. The third-order valence-corrected chi connectivity index (χ3v) is 6.36. The molecule has 3 atom stereocenters. The Hall–Kier alpha value is -1.30. The number of ether oxygens (including phenoxy) is 1. The van der Waals surface area contributed by atoms with E-state index in [0.717, 1.165) is 37.4 Å². The molecule has 3 rings (SSSR count). The Balaban J connectivity index is 1.56. The highest BCUT2D eigenvalue weighted by Crippen LogP contribution is 2.48. The van der Waals surface area contributed by atoms with E-state index in [2.05, 4.69) is 15.6 Å². The molecule has 3 fully saturated rings. The van der Waals surface area contributed by atoms with Gasteiger partial charge in [-0.3, -0.25) is 4.79 Å². The fourth-order valence-electron chi connectivity index (χ4n) is 4.32. The standard InChI is InChI=1S/C19H34N4O2/c1-23(2)17(24)12-20-18(21-13-19(6-7-19)8-9-25-3)22-16-11-14-4-5-15(16)10-14/h14-16H,4-13H2,1-3H3,(H2,20,21,22). The summed E-state index contributed by atoms with van der Waals surface area (Å²) in [5.74, 6) is 2.53. The minimum absolute atomic E-state index is 0.0366. The average Bonchev–Trinajstić information content (AvgIpc) is 3.05. The first kappa shape index (κ1) is 18.5. The number of rotatable bonds is 8. The Bertz CT molecular complexity index is 502. The zero-order valence-electron chi connectivity index (χ0n) is 16.0. The van der Waals surface area contributed by atoms with E-state index < -0.39 is 0 Å². The second-order valence-electron chi connectivity index (χ2n) is 8.48. The van der Waals surface area contributed by atoms with E-state index in [1.807, 2.05) is 0 Å². The molecule has 3 aliphatic rings. The Morgan fingerprint density at radius 1 is 1.28 bits per heavy atom. The minimum Gasteiger partial charge on any atom is -0.385 e. The first-order valence-corrected chi connectivity index (χ1v) is 9.75. The van der Waals surface area contributed by atoms with Gasteiger partial charge >= 0.3 is 0 Å². The first-order chi connectivity index (χ1) is 12.0. The van der Waals surface area contributed by atoms with Crippen molar-refractivity contribution in [1.82, 2.24) is 15.5 Å². The van der Waals surface area contributed by atoms with Gasteiger partial charge in [-0.25, -0.2) is 4.99 Å². The molecule has 1 amide bonds. The molecule has 3 saturated carbocycles. The van der Waals surface area contributed by atoms with Crippen molar-refractivity contribution in [2.75, 3.05) is 40.9 Å². The van der Waals surface area contributed by atoms with E-state index >= 15 is 0 Å². The molecule has 0 aliphatic heterocycles. The summed E-state index contributed by atoms with van der Waals surface area (Å²) in [4.78, 5) is 18.1. The predicted octanol–water partition coefficient (Wildman–Crippen LogP) is 1.62. The monoisotopic (exact) mass is 350 g/mol. The number of likely N-dealkylation sites (N-methyl/N-ethyl adjacent to an activating group) is 1. The van der Waals surface area contributed by atoms with E-state index in [1.165, 1.54) is 38.5 Å². The number of aliphatic imine (C=N–C) groups is 1. The Morgan fingerprint density at radius 3 is 2.64 bits per heavy atom. The van der Waals surface area contributed by atoms with Gasteiger partial charge in [0.15, 0.2) is 5.96 Å². The molecule has 2 bridgehead atoms. The van der Waals surface area contributed by atoms with Crippen LogP contribution < -0.4 is 10.6 Å². The molecule has 2 N–H and O–H groups in total. The first-order valence-electron chi connectivity index (χ1n) is 9.75. The van der Waals surface area contributed by atoms with Gasteiger partial charge in [-0.2, -0.15) is 0 Å². The van der Waals surface area contributed by atoms with Gasteiger partial charge < -0.3 is 20.3 Å². The quantitative estimate of drug-likeness (QED) is 0.516. The van der Waals surface area contributed by atoms with E-state index in [1.54, 1.807) is 26.1 Å². The second-order valence-corrected chi connectivity index (χ2v) is 8.48. The van der Waals surface area contributed by atoms with Gasteiger partial charge in [0.05, 0.1) is 0 Å². The molecule has 0 aromatic carbocycles. The molecule has 0 aromatic rings. The van der Waals surface area contributed by atoms with Crippen LogP contribution in [-0.4, -0.2) is 63.7 Å². The number of guanidine groups is 1. The van der Waals surface area contributed by atoms with Crippen LogP contribution in [0.15, 0.2) is 4.99 Å². The van der Waals surface area contributed by atoms with Crippen molar-refractivity contribution in [3.05, 3.63) is 0 Å². The lowest BCUT2D eigenvalue weighted by Gasteiger charge is -2.26. The van der Waals surface area contributed by atoms with Crippen molar-refractivity contribution >= 4 is 11.9 Å². The highest BCUT2D eigenvalue weighted by molar-refractivity contribution is 5.85. The van der Waals surface area contributed by atoms with Gasteiger partial charge in [0.1, 0.15) is 6.54 Å². The zero-order valence-corrected chi connectivity index (χ0v) is 16.0. The Morgan fingerprint density at radius 2 is 2.08 bits per heavy atom. The molecule has 3 unspecified atom stereocenters. The molecule has 0 aromatic heterocycles. The van der Waals surface area contributed by atoms with Crippen molar-refractivity contribution in [2.24, 2.45) is 22.2 Å². The molecule has 0 saturated heterocycles. The number of fused-ring (bicyclic) bond motifs is 2. The molecule has 25 heavy (non-hydrogen) atoms. The van der Waals surface area contributed by atoms with Gasteiger partial charge in [0.2, 0.25) is 5.91 Å². The summed E-state index contributed by atoms with van der Waals surface area (Å²) in [6, 6.07) is 0.522. The van der Waals surface area contributed by atoms with E-state index in [9.17, 15) is 4.79 Å². The van der Waals surface area contributed by atoms with Crippen molar-refractivity contribution < 1.29 is 9.53 Å². The largest absolute Gasteiger partial charge is 0.385 e. The molecular weight excluding hydrogens is 316 g/mol. The van der Waals surface area contributed by atoms with E-state index in [-0.39, 0.29) is 12.5 Å². The van der Waals surface area contributed by atoms with Crippen LogP contribution in [0.5, 0.6) is 0 Å². The number of nitrogens with zero attached hydrogens (tertiary/aromatic N) is 2. The maximum Gasteiger partial charge on any atom is 0.243 e. The smallest absolute Gasteiger partial charge is 0.243 e. The van der Waals surface area contributed by atoms with Gasteiger partial charge in [-0.05, 0) is 55.8 Å². The van der Waals surface area contributed by atoms with Crippen LogP contribution in [-0.2, 0) is 9.53 Å². The zero-order chi connectivity index (χ0) is 17.9. The maximum absolute atomic E-state index is 11.9. The Labute approximate surface area is 151 Å². The van der Waals surface area contributed by atoms with E-state index in [0.29, 0.717) is 11.5 Å². The van der Waals surface area contributed by atoms with Crippen LogP contribution in [0.25, 0.3) is 0 Å². The van der Waals surface area contributed by atoms with Crippen LogP contribution in [0.2, 0.25) is 0 Å². The van der Waals surface area contributed by atoms with Crippen LogP contribution >= 0.6 is 0 Å². The number of hydrogen-bond donors (Lipinski definition) is 2. The summed E-state index contributed by atoms with van der Waals surface area (Å²) in [6.45, 7) is 1.93. The normalized spacial score (nSPS) is 29.6. The summed E-state index contributed by atoms with van der Waals surface area (Å²) in [5, 5.41) is 7.16. The van der Waals surface area contributed by atoms with Crippen molar-refractivity contribution in [3.8, 4) is 0 Å². The van der Waals surface area contributed by atoms with E-state index in [4.69, 9.17) is 4.74 Å². The van der Waals surface area contributed by atoms with Crippen LogP contribution in [0.3, 0.4) is 0 Å². The summed E-state index contributed by atoms with van der Waals surface area (Å²) < 4.78 is 5.25. The number of nitrogens with one attached hydrogen (secondary N) is 2. The van der Waals surface area contributed by atoms with Crippen LogP contribution in [0, 0.1) is 17.3 Å². The van der Waals surface area contributed by atoms with Crippen molar-refractivity contribution in [3.63, 3.8) is 0 Å². The average molecular weight is 351 g/mol. The lowest BCUT2D eigenvalue weighted by atomic mass is 9.95. The van der Waals surface area contributed by atoms with Gasteiger partial charge in [0.25, 0.3) is 0 Å². The molecule has 6 nitrogen and oxygen atoms in total. The van der Waals surface area contributed by atoms with Gasteiger partial charge in [0, 0.05) is 40.4 Å². The second kappa shape index (κ2) is 7.94. The lowest BCUT2D eigenvalue weighted by Crippen LogP contribution is -2.47. The predicted molar refractivity (Wildman–Crippen MR) is 99.5 cm³/mol. The molecule has 0 heterocycles. The minimum atomic E-state index is 0.0366. The highest BCUT2D eigenvalue weighted by Gasteiger charge is 2.43. The fourth-order valence-corrected chi connectivity index (χ4v) is 4.32. The summed E-state index contributed by atoms with van der Waals surface area (Å²) in [6.07, 6.45) is 8.94. The van der Waals surface area contributed by atoms with Gasteiger partial charge in [-0.15, -0.1) is 0 Å². The Kier molecular flexibility index (Phi) is 5.87.